The maximum Gasteiger partial charge on any atom is 0.140 e. The standard InChI is InChI=1S/C14H19ClO2/c1-9(2)10(3)13(16)8-11-7-12(15)5-6-14(11)17-4/h5-7,9-10H,8H2,1-4H3. The number of ether oxygens (including phenoxy) is 1. The average molecular weight is 255 g/mol. The molecule has 0 saturated carbocycles. The molecule has 1 rings (SSSR count). The Kier molecular flexibility index (Phi) is 5.01. The molecule has 1 aromatic rings. The van der Waals surface area contributed by atoms with Gasteiger partial charge in [-0.25, -0.2) is 0 Å². The van der Waals surface area contributed by atoms with Gasteiger partial charge in [0.2, 0.25) is 0 Å². The Morgan fingerprint density at radius 2 is 2.00 bits per heavy atom. The van der Waals surface area contributed by atoms with E-state index in [0.717, 1.165) is 11.3 Å². The number of hydrogen-bond donors (Lipinski definition) is 0. The highest BCUT2D eigenvalue weighted by Gasteiger charge is 2.18. The number of Topliss-reactive ketones (excluding diaryl/α,β-unsaturated/α-hetero) is 1. The van der Waals surface area contributed by atoms with E-state index in [4.69, 9.17) is 16.3 Å². The third-order valence-electron chi connectivity index (χ3n) is 3.11. The summed E-state index contributed by atoms with van der Waals surface area (Å²) in [4.78, 5) is 12.0. The first kappa shape index (κ1) is 14.0. The fraction of sp³-hybridized carbons (Fsp3) is 0.500. The second kappa shape index (κ2) is 6.06. The molecule has 0 fully saturated rings. The average Bonchev–Trinajstić information content (AvgIpc) is 2.28. The Bertz CT molecular complexity index is 399. The van der Waals surface area contributed by atoms with Crippen LogP contribution in [0.2, 0.25) is 5.02 Å². The highest BCUT2D eigenvalue weighted by molar-refractivity contribution is 6.30. The van der Waals surface area contributed by atoms with Crippen LogP contribution in [-0.2, 0) is 11.2 Å². The van der Waals surface area contributed by atoms with Crippen LogP contribution in [0.15, 0.2) is 18.2 Å². The van der Waals surface area contributed by atoms with Crippen molar-refractivity contribution in [2.75, 3.05) is 7.11 Å². The Hall–Kier alpha value is -1.02. The normalized spacial score (nSPS) is 12.6. The Morgan fingerprint density at radius 3 is 2.53 bits per heavy atom. The van der Waals surface area contributed by atoms with Crippen LogP contribution < -0.4 is 4.74 Å². The minimum atomic E-state index is 0.0543. The van der Waals surface area contributed by atoms with Gasteiger partial charge in [-0.1, -0.05) is 32.4 Å². The quantitative estimate of drug-likeness (QED) is 0.800. The lowest BCUT2D eigenvalue weighted by Gasteiger charge is -2.15. The summed E-state index contributed by atoms with van der Waals surface area (Å²) in [5.74, 6) is 1.35. The number of carbonyl (C=O) groups excluding carboxylic acids is 1. The van der Waals surface area contributed by atoms with Crippen molar-refractivity contribution in [3.8, 4) is 5.75 Å². The number of carbonyl (C=O) groups is 1. The van der Waals surface area contributed by atoms with Gasteiger partial charge in [-0.15, -0.1) is 0 Å². The molecular formula is C14H19ClO2. The van der Waals surface area contributed by atoms with E-state index < -0.39 is 0 Å². The summed E-state index contributed by atoms with van der Waals surface area (Å²) in [5.41, 5.74) is 0.859. The molecule has 0 aliphatic rings. The molecule has 1 atom stereocenters. The van der Waals surface area contributed by atoms with E-state index in [1.165, 1.54) is 0 Å². The van der Waals surface area contributed by atoms with Gasteiger partial charge in [0, 0.05) is 22.9 Å². The van der Waals surface area contributed by atoms with Crippen molar-refractivity contribution < 1.29 is 9.53 Å². The molecule has 0 N–H and O–H groups in total. The zero-order valence-electron chi connectivity index (χ0n) is 10.8. The lowest BCUT2D eigenvalue weighted by molar-refractivity contribution is -0.122. The highest BCUT2D eigenvalue weighted by atomic mass is 35.5. The zero-order chi connectivity index (χ0) is 13.0. The van der Waals surface area contributed by atoms with Gasteiger partial charge in [0.25, 0.3) is 0 Å². The molecule has 2 nitrogen and oxygen atoms in total. The molecule has 1 unspecified atom stereocenters. The predicted octanol–water partition coefficient (Wildman–Crippen LogP) is 3.75. The fourth-order valence-electron chi connectivity index (χ4n) is 1.61. The van der Waals surface area contributed by atoms with Gasteiger partial charge in [-0.05, 0) is 24.1 Å². The van der Waals surface area contributed by atoms with Crippen LogP contribution in [0.25, 0.3) is 0 Å². The molecule has 0 aliphatic heterocycles. The van der Waals surface area contributed by atoms with E-state index in [1.807, 2.05) is 6.92 Å². The van der Waals surface area contributed by atoms with Crippen LogP contribution in [-0.4, -0.2) is 12.9 Å². The maximum atomic E-state index is 12.0. The van der Waals surface area contributed by atoms with E-state index in [2.05, 4.69) is 13.8 Å². The number of rotatable bonds is 5. The zero-order valence-corrected chi connectivity index (χ0v) is 11.5. The third kappa shape index (κ3) is 3.74. The van der Waals surface area contributed by atoms with Crippen molar-refractivity contribution in [1.29, 1.82) is 0 Å². The third-order valence-corrected chi connectivity index (χ3v) is 3.35. The van der Waals surface area contributed by atoms with Crippen molar-refractivity contribution in [1.82, 2.24) is 0 Å². The highest BCUT2D eigenvalue weighted by Crippen LogP contribution is 2.25. The van der Waals surface area contributed by atoms with Crippen molar-refractivity contribution in [2.45, 2.75) is 27.2 Å². The molecule has 3 heteroatoms. The summed E-state index contributed by atoms with van der Waals surface area (Å²) >= 11 is 5.93. The van der Waals surface area contributed by atoms with Crippen molar-refractivity contribution >= 4 is 17.4 Å². The minimum absolute atomic E-state index is 0.0543. The van der Waals surface area contributed by atoms with Gasteiger partial charge in [-0.2, -0.15) is 0 Å². The summed E-state index contributed by atoms with van der Waals surface area (Å²) in [6.07, 6.45) is 0.378. The maximum absolute atomic E-state index is 12.0. The molecule has 0 aromatic heterocycles. The topological polar surface area (TPSA) is 26.3 Å². The summed E-state index contributed by atoms with van der Waals surface area (Å²) in [6.45, 7) is 6.07. The van der Waals surface area contributed by atoms with E-state index in [-0.39, 0.29) is 11.7 Å². The monoisotopic (exact) mass is 254 g/mol. The lowest BCUT2D eigenvalue weighted by Crippen LogP contribution is -2.19. The van der Waals surface area contributed by atoms with Gasteiger partial charge in [0.15, 0.2) is 0 Å². The second-order valence-corrected chi connectivity index (χ2v) is 5.07. The molecule has 0 amide bonds. The van der Waals surface area contributed by atoms with Gasteiger partial charge in [0.1, 0.15) is 11.5 Å². The molecule has 1 aromatic carbocycles. The summed E-state index contributed by atoms with van der Waals surface area (Å²) in [6, 6.07) is 5.36. The van der Waals surface area contributed by atoms with Crippen LogP contribution in [0.1, 0.15) is 26.3 Å². The number of methoxy groups -OCH3 is 1. The van der Waals surface area contributed by atoms with Gasteiger partial charge >= 0.3 is 0 Å². The SMILES string of the molecule is COc1ccc(Cl)cc1CC(=O)C(C)C(C)C. The molecule has 0 saturated heterocycles. The number of halogens is 1. The number of ketones is 1. The smallest absolute Gasteiger partial charge is 0.140 e. The van der Waals surface area contributed by atoms with E-state index in [0.29, 0.717) is 17.4 Å². The van der Waals surface area contributed by atoms with Crippen LogP contribution in [0.5, 0.6) is 5.75 Å². The van der Waals surface area contributed by atoms with E-state index in [1.54, 1.807) is 25.3 Å². The Labute approximate surface area is 108 Å². The molecule has 0 bridgehead atoms. The largest absolute Gasteiger partial charge is 0.496 e. The second-order valence-electron chi connectivity index (χ2n) is 4.63. The van der Waals surface area contributed by atoms with Crippen LogP contribution in [0.4, 0.5) is 0 Å². The first-order valence-electron chi connectivity index (χ1n) is 5.80. The van der Waals surface area contributed by atoms with Gasteiger partial charge < -0.3 is 4.74 Å². The van der Waals surface area contributed by atoms with Crippen molar-refractivity contribution in [3.05, 3.63) is 28.8 Å². The molecular weight excluding hydrogens is 236 g/mol. The minimum Gasteiger partial charge on any atom is -0.496 e. The van der Waals surface area contributed by atoms with Crippen molar-refractivity contribution in [2.24, 2.45) is 11.8 Å². The van der Waals surface area contributed by atoms with E-state index in [9.17, 15) is 4.79 Å². The summed E-state index contributed by atoms with van der Waals surface area (Å²) in [7, 11) is 1.60. The van der Waals surface area contributed by atoms with Gasteiger partial charge in [0.05, 0.1) is 7.11 Å². The molecule has 17 heavy (non-hydrogen) atoms. The molecule has 0 aliphatic carbocycles. The molecule has 0 heterocycles. The molecule has 0 spiro atoms. The molecule has 94 valence electrons. The van der Waals surface area contributed by atoms with E-state index >= 15 is 0 Å². The van der Waals surface area contributed by atoms with Crippen molar-refractivity contribution in [3.63, 3.8) is 0 Å². The number of benzene rings is 1. The number of hydrogen-bond acceptors (Lipinski definition) is 2. The Balaban J connectivity index is 2.87. The van der Waals surface area contributed by atoms with Crippen LogP contribution in [0.3, 0.4) is 0 Å². The summed E-state index contributed by atoms with van der Waals surface area (Å²) in [5, 5.41) is 0.630. The summed E-state index contributed by atoms with van der Waals surface area (Å²) < 4.78 is 5.23. The first-order chi connectivity index (χ1) is 7.95. The fourth-order valence-corrected chi connectivity index (χ4v) is 1.80. The Morgan fingerprint density at radius 1 is 1.35 bits per heavy atom. The van der Waals surface area contributed by atoms with Crippen LogP contribution >= 0.6 is 11.6 Å². The lowest BCUT2D eigenvalue weighted by atomic mass is 9.90. The van der Waals surface area contributed by atoms with Crippen LogP contribution in [0, 0.1) is 11.8 Å². The molecule has 0 radical (unpaired) electrons. The first-order valence-corrected chi connectivity index (χ1v) is 6.18. The van der Waals surface area contributed by atoms with Gasteiger partial charge in [-0.3, -0.25) is 4.79 Å². The predicted molar refractivity (Wildman–Crippen MR) is 70.7 cm³/mol.